The second kappa shape index (κ2) is 5.27. The van der Waals surface area contributed by atoms with Crippen LogP contribution in [-0.2, 0) is 0 Å². The van der Waals surface area contributed by atoms with Crippen LogP contribution >= 0.6 is 11.6 Å². The lowest BCUT2D eigenvalue weighted by molar-refractivity contribution is 0.241. The highest BCUT2D eigenvalue weighted by molar-refractivity contribution is 6.33. The number of hydrogen-bond acceptors (Lipinski definition) is 3. The minimum atomic E-state index is 0.123. The summed E-state index contributed by atoms with van der Waals surface area (Å²) >= 11 is 5.90. The molecule has 0 aliphatic carbocycles. The summed E-state index contributed by atoms with van der Waals surface area (Å²) < 4.78 is 5.61. The molecule has 0 unspecified atom stereocenters. The van der Waals surface area contributed by atoms with Crippen LogP contribution in [0, 0.1) is 0 Å². The Hall–Kier alpha value is -1.74. The van der Waals surface area contributed by atoms with Gasteiger partial charge in [-0.15, -0.1) is 0 Å². The number of rotatable bonds is 3. The first-order chi connectivity index (χ1) is 8.56. The molecule has 4 heteroatoms. The van der Waals surface area contributed by atoms with Crippen molar-refractivity contribution in [1.82, 2.24) is 4.98 Å². The Bertz CT molecular complexity index is 555. The summed E-state index contributed by atoms with van der Waals surface area (Å²) in [6, 6.07) is 7.46. The van der Waals surface area contributed by atoms with Crippen LogP contribution in [-0.4, -0.2) is 11.1 Å². The molecule has 0 radical (unpaired) electrons. The number of nitrogens with two attached hydrogens (primary N) is 1. The summed E-state index contributed by atoms with van der Waals surface area (Å²) in [7, 11) is 0. The van der Waals surface area contributed by atoms with E-state index in [9.17, 15) is 0 Å². The van der Waals surface area contributed by atoms with Crippen LogP contribution in [0.5, 0.6) is 5.75 Å². The van der Waals surface area contributed by atoms with Crippen molar-refractivity contribution in [2.45, 2.75) is 20.0 Å². The zero-order chi connectivity index (χ0) is 13.1. The SMILES string of the molecule is CC(C)Oc1cncc(-c2ccc(Cl)c(N)c2)c1. The van der Waals surface area contributed by atoms with E-state index in [0.717, 1.165) is 16.9 Å². The monoisotopic (exact) mass is 262 g/mol. The lowest BCUT2D eigenvalue weighted by atomic mass is 10.1. The van der Waals surface area contributed by atoms with E-state index >= 15 is 0 Å². The van der Waals surface area contributed by atoms with Gasteiger partial charge >= 0.3 is 0 Å². The summed E-state index contributed by atoms with van der Waals surface area (Å²) in [5.74, 6) is 0.746. The number of ether oxygens (including phenoxy) is 1. The number of pyridine rings is 1. The number of hydrogen-bond donors (Lipinski definition) is 1. The Morgan fingerprint density at radius 2 is 1.94 bits per heavy atom. The highest BCUT2D eigenvalue weighted by Crippen LogP contribution is 2.28. The number of aromatic nitrogens is 1. The van der Waals surface area contributed by atoms with Crippen molar-refractivity contribution in [1.29, 1.82) is 0 Å². The first kappa shape index (κ1) is 12.7. The molecule has 18 heavy (non-hydrogen) atoms. The standard InChI is InChI=1S/C14H15ClN2O/c1-9(2)18-12-5-11(7-17-8-12)10-3-4-13(15)14(16)6-10/h3-9H,16H2,1-2H3. The van der Waals surface area contributed by atoms with Crippen LogP contribution in [0.15, 0.2) is 36.7 Å². The third kappa shape index (κ3) is 2.93. The van der Waals surface area contributed by atoms with Gasteiger partial charge < -0.3 is 10.5 Å². The maximum atomic E-state index is 5.90. The zero-order valence-corrected chi connectivity index (χ0v) is 11.1. The van der Waals surface area contributed by atoms with E-state index < -0.39 is 0 Å². The van der Waals surface area contributed by atoms with Gasteiger partial charge in [0.1, 0.15) is 5.75 Å². The Labute approximate surface area is 112 Å². The van der Waals surface area contributed by atoms with Gasteiger partial charge in [0.2, 0.25) is 0 Å². The highest BCUT2D eigenvalue weighted by atomic mass is 35.5. The van der Waals surface area contributed by atoms with Crippen molar-refractivity contribution in [2.75, 3.05) is 5.73 Å². The molecule has 3 nitrogen and oxygen atoms in total. The number of anilines is 1. The Balaban J connectivity index is 2.35. The number of benzene rings is 1. The van der Waals surface area contributed by atoms with E-state index in [-0.39, 0.29) is 6.10 Å². The molecular formula is C14H15ClN2O. The second-order valence-corrected chi connectivity index (χ2v) is 4.72. The summed E-state index contributed by atoms with van der Waals surface area (Å²) in [6.45, 7) is 3.96. The first-order valence-corrected chi connectivity index (χ1v) is 6.11. The third-order valence-corrected chi connectivity index (χ3v) is 2.76. The molecule has 0 bridgehead atoms. The van der Waals surface area contributed by atoms with Gasteiger partial charge in [-0.05, 0) is 37.6 Å². The molecule has 0 spiro atoms. The minimum Gasteiger partial charge on any atom is -0.489 e. The van der Waals surface area contributed by atoms with E-state index in [4.69, 9.17) is 22.1 Å². The maximum absolute atomic E-state index is 5.90. The lowest BCUT2D eigenvalue weighted by Gasteiger charge is -2.10. The Morgan fingerprint density at radius 3 is 2.61 bits per heavy atom. The smallest absolute Gasteiger partial charge is 0.138 e. The predicted octanol–water partition coefficient (Wildman–Crippen LogP) is 3.77. The average Bonchev–Trinajstić information content (AvgIpc) is 2.32. The van der Waals surface area contributed by atoms with Crippen LogP contribution in [0.3, 0.4) is 0 Å². The Kier molecular flexibility index (Phi) is 3.72. The van der Waals surface area contributed by atoms with Gasteiger partial charge in [-0.1, -0.05) is 17.7 Å². The van der Waals surface area contributed by atoms with E-state index in [1.54, 1.807) is 18.5 Å². The fourth-order valence-electron chi connectivity index (χ4n) is 1.64. The summed E-state index contributed by atoms with van der Waals surface area (Å²) in [5, 5.41) is 0.557. The largest absolute Gasteiger partial charge is 0.489 e. The van der Waals surface area contributed by atoms with Crippen molar-refractivity contribution in [3.63, 3.8) is 0 Å². The molecule has 0 amide bonds. The van der Waals surface area contributed by atoms with Gasteiger partial charge in [0, 0.05) is 11.8 Å². The fraction of sp³-hybridized carbons (Fsp3) is 0.214. The molecule has 0 aliphatic heterocycles. The molecule has 1 aromatic carbocycles. The molecule has 2 N–H and O–H groups in total. The van der Waals surface area contributed by atoms with E-state index in [1.165, 1.54) is 0 Å². The molecule has 0 aliphatic rings. The van der Waals surface area contributed by atoms with Gasteiger partial charge in [0.25, 0.3) is 0 Å². The molecule has 0 fully saturated rings. The van der Waals surface area contributed by atoms with Gasteiger partial charge in [0.15, 0.2) is 0 Å². The van der Waals surface area contributed by atoms with Crippen LogP contribution in [0.25, 0.3) is 11.1 Å². The molecule has 0 atom stereocenters. The van der Waals surface area contributed by atoms with Crippen molar-refractivity contribution < 1.29 is 4.74 Å². The molecule has 2 aromatic rings. The lowest BCUT2D eigenvalue weighted by Crippen LogP contribution is -2.05. The van der Waals surface area contributed by atoms with Crippen molar-refractivity contribution in [3.05, 3.63) is 41.7 Å². The van der Waals surface area contributed by atoms with E-state index in [1.807, 2.05) is 32.0 Å². The quantitative estimate of drug-likeness (QED) is 0.857. The summed E-state index contributed by atoms with van der Waals surface area (Å²) in [6.07, 6.45) is 3.59. The number of halogens is 1. The van der Waals surface area contributed by atoms with Gasteiger partial charge in [-0.25, -0.2) is 0 Å². The van der Waals surface area contributed by atoms with Crippen molar-refractivity contribution in [2.24, 2.45) is 0 Å². The van der Waals surface area contributed by atoms with Crippen LogP contribution in [0.1, 0.15) is 13.8 Å². The van der Waals surface area contributed by atoms with E-state index in [2.05, 4.69) is 4.98 Å². The molecular weight excluding hydrogens is 248 g/mol. The minimum absolute atomic E-state index is 0.123. The molecule has 0 saturated carbocycles. The van der Waals surface area contributed by atoms with Gasteiger partial charge in [-0.3, -0.25) is 4.98 Å². The maximum Gasteiger partial charge on any atom is 0.138 e. The normalized spacial score (nSPS) is 10.7. The second-order valence-electron chi connectivity index (χ2n) is 4.31. The molecule has 94 valence electrons. The number of nitrogen functional groups attached to an aromatic ring is 1. The summed E-state index contributed by atoms with van der Waals surface area (Å²) in [4.78, 5) is 4.17. The van der Waals surface area contributed by atoms with Crippen LogP contribution < -0.4 is 10.5 Å². The topological polar surface area (TPSA) is 48.1 Å². The average molecular weight is 263 g/mol. The van der Waals surface area contributed by atoms with Crippen molar-refractivity contribution in [3.8, 4) is 16.9 Å². The van der Waals surface area contributed by atoms with Crippen LogP contribution in [0.2, 0.25) is 5.02 Å². The summed E-state index contributed by atoms with van der Waals surface area (Å²) in [5.41, 5.74) is 8.28. The Morgan fingerprint density at radius 1 is 1.17 bits per heavy atom. The zero-order valence-electron chi connectivity index (χ0n) is 10.4. The molecule has 0 saturated heterocycles. The predicted molar refractivity (Wildman–Crippen MR) is 74.9 cm³/mol. The molecule has 1 aromatic heterocycles. The van der Waals surface area contributed by atoms with E-state index in [0.29, 0.717) is 10.7 Å². The van der Waals surface area contributed by atoms with Crippen LogP contribution in [0.4, 0.5) is 5.69 Å². The third-order valence-electron chi connectivity index (χ3n) is 2.41. The first-order valence-electron chi connectivity index (χ1n) is 5.73. The highest BCUT2D eigenvalue weighted by Gasteiger charge is 2.04. The molecule has 1 heterocycles. The fourth-order valence-corrected chi connectivity index (χ4v) is 1.75. The van der Waals surface area contributed by atoms with Gasteiger partial charge in [-0.2, -0.15) is 0 Å². The van der Waals surface area contributed by atoms with Crippen molar-refractivity contribution >= 4 is 17.3 Å². The number of nitrogens with zero attached hydrogens (tertiary/aromatic N) is 1. The molecule has 2 rings (SSSR count). The van der Waals surface area contributed by atoms with Gasteiger partial charge in [0.05, 0.1) is 23.0 Å².